The van der Waals surface area contributed by atoms with Gasteiger partial charge in [-0.3, -0.25) is 4.79 Å². The zero-order chi connectivity index (χ0) is 11.4. The molecule has 0 atom stereocenters. The molecule has 1 aliphatic rings. The van der Waals surface area contributed by atoms with Gasteiger partial charge < -0.3 is 5.32 Å². The van der Waals surface area contributed by atoms with E-state index in [1.54, 1.807) is 6.20 Å². The Morgan fingerprint density at radius 1 is 1.50 bits per heavy atom. The lowest BCUT2D eigenvalue weighted by Gasteiger charge is -2.15. The van der Waals surface area contributed by atoms with E-state index in [1.807, 2.05) is 0 Å². The number of allylic oxidation sites excluding steroid dienone is 1. The first-order valence-corrected chi connectivity index (χ1v) is 6.43. The van der Waals surface area contributed by atoms with Crippen LogP contribution in [0.25, 0.3) is 6.08 Å². The predicted molar refractivity (Wildman–Crippen MR) is 68.6 cm³/mol. The molecule has 4 heteroatoms. The van der Waals surface area contributed by atoms with Gasteiger partial charge in [0.1, 0.15) is 5.82 Å². The van der Waals surface area contributed by atoms with Gasteiger partial charge >= 0.3 is 0 Å². The molecule has 0 aromatic carbocycles. The van der Waals surface area contributed by atoms with Gasteiger partial charge in [0.25, 0.3) is 0 Å². The maximum atomic E-state index is 11.2. The van der Waals surface area contributed by atoms with Crippen LogP contribution in [0.5, 0.6) is 0 Å². The van der Waals surface area contributed by atoms with E-state index in [-0.39, 0.29) is 5.91 Å². The van der Waals surface area contributed by atoms with E-state index < -0.39 is 0 Å². The van der Waals surface area contributed by atoms with Gasteiger partial charge in [0, 0.05) is 17.9 Å². The molecule has 0 unspecified atom stereocenters. The van der Waals surface area contributed by atoms with Crippen molar-refractivity contribution in [3.63, 3.8) is 0 Å². The maximum Gasteiger partial charge on any atom is 0.225 e. The Hall–Kier alpha value is -1.16. The van der Waals surface area contributed by atoms with E-state index in [9.17, 15) is 4.79 Å². The van der Waals surface area contributed by atoms with Gasteiger partial charge in [-0.2, -0.15) is 0 Å². The number of hydrogen-bond acceptors (Lipinski definition) is 2. The molecule has 0 bridgehead atoms. The number of rotatable bonds is 3. The minimum absolute atomic E-state index is 0.0579. The normalized spacial score (nSPS) is 14.9. The van der Waals surface area contributed by atoms with E-state index >= 15 is 0 Å². The average molecular weight is 281 g/mol. The molecular weight excluding hydrogens is 268 g/mol. The molecule has 0 spiro atoms. The zero-order valence-corrected chi connectivity index (χ0v) is 10.5. The van der Waals surface area contributed by atoms with Crippen LogP contribution in [0.15, 0.2) is 18.3 Å². The lowest BCUT2D eigenvalue weighted by Crippen LogP contribution is -2.20. The second-order valence-corrected chi connectivity index (χ2v) is 4.50. The summed E-state index contributed by atoms with van der Waals surface area (Å²) < 4.78 is 0. The number of pyridine rings is 1. The Bertz CT molecular complexity index is 429. The van der Waals surface area contributed by atoms with Gasteiger partial charge in [-0.05, 0) is 30.0 Å². The summed E-state index contributed by atoms with van der Waals surface area (Å²) >= 11 is 3.38. The Kier molecular flexibility index (Phi) is 3.72. The van der Waals surface area contributed by atoms with Crippen molar-refractivity contribution in [3.8, 4) is 0 Å². The number of alkyl halides is 1. The third-order valence-electron chi connectivity index (χ3n) is 2.45. The minimum Gasteiger partial charge on any atom is -0.310 e. The zero-order valence-electron chi connectivity index (χ0n) is 8.87. The molecule has 0 aliphatic carbocycles. The molecule has 3 nitrogen and oxygen atoms in total. The number of carbonyl (C=O) groups excluding carboxylic acids is 1. The number of nitrogens with one attached hydrogen (secondary N) is 1. The van der Waals surface area contributed by atoms with Crippen molar-refractivity contribution >= 4 is 33.7 Å². The van der Waals surface area contributed by atoms with Gasteiger partial charge in [0.15, 0.2) is 0 Å². The molecule has 0 saturated carbocycles. The minimum atomic E-state index is 0.0579. The van der Waals surface area contributed by atoms with Gasteiger partial charge in [0.2, 0.25) is 5.91 Å². The fraction of sp³-hybridized carbons (Fsp3) is 0.333. The molecule has 1 amide bonds. The molecule has 16 heavy (non-hydrogen) atoms. The van der Waals surface area contributed by atoms with E-state index in [0.717, 1.165) is 29.3 Å². The molecule has 2 rings (SSSR count). The molecular formula is C12H13BrN2O. The first-order valence-electron chi connectivity index (χ1n) is 5.31. The van der Waals surface area contributed by atoms with Gasteiger partial charge in [-0.1, -0.05) is 28.1 Å². The second-order valence-electron chi connectivity index (χ2n) is 3.70. The van der Waals surface area contributed by atoms with E-state index in [1.165, 1.54) is 0 Å². The summed E-state index contributed by atoms with van der Waals surface area (Å²) in [7, 11) is 0. The van der Waals surface area contributed by atoms with Crippen molar-refractivity contribution in [1.29, 1.82) is 0 Å². The summed E-state index contributed by atoms with van der Waals surface area (Å²) in [5.41, 5.74) is 2.22. The van der Waals surface area contributed by atoms with Gasteiger partial charge in [-0.15, -0.1) is 0 Å². The summed E-state index contributed by atoms with van der Waals surface area (Å²) in [6, 6.07) is 2.09. The summed E-state index contributed by atoms with van der Waals surface area (Å²) in [6.07, 6.45) is 8.31. The summed E-state index contributed by atoms with van der Waals surface area (Å²) in [6.45, 7) is 0. The monoisotopic (exact) mass is 280 g/mol. The van der Waals surface area contributed by atoms with Crippen molar-refractivity contribution in [1.82, 2.24) is 4.98 Å². The average Bonchev–Trinajstić information content (AvgIpc) is 2.29. The quantitative estimate of drug-likeness (QED) is 0.866. The van der Waals surface area contributed by atoms with Crippen molar-refractivity contribution in [3.05, 3.63) is 29.5 Å². The second kappa shape index (κ2) is 5.25. The van der Waals surface area contributed by atoms with E-state index in [4.69, 9.17) is 0 Å². The Morgan fingerprint density at radius 3 is 3.19 bits per heavy atom. The number of fused-ring (bicyclic) bond motifs is 1. The Morgan fingerprint density at radius 2 is 2.38 bits per heavy atom. The highest BCUT2D eigenvalue weighted by molar-refractivity contribution is 9.09. The third-order valence-corrected chi connectivity index (χ3v) is 2.91. The molecule has 0 radical (unpaired) electrons. The number of aryl methyl sites for hydroxylation is 1. The maximum absolute atomic E-state index is 11.2. The van der Waals surface area contributed by atoms with Crippen LogP contribution in [-0.2, 0) is 11.2 Å². The van der Waals surface area contributed by atoms with Crippen molar-refractivity contribution in [2.24, 2.45) is 0 Å². The first kappa shape index (κ1) is 11.3. The van der Waals surface area contributed by atoms with Gasteiger partial charge in [0.05, 0.1) is 0 Å². The number of amides is 1. The van der Waals surface area contributed by atoms with Crippen LogP contribution in [0.4, 0.5) is 5.82 Å². The fourth-order valence-electron chi connectivity index (χ4n) is 1.65. The number of hydrogen-bond donors (Lipinski definition) is 1. The molecule has 1 aliphatic heterocycles. The molecule has 1 aromatic heterocycles. The largest absolute Gasteiger partial charge is 0.310 e. The first-order chi connectivity index (χ1) is 7.79. The molecule has 1 aromatic rings. The molecule has 0 saturated heterocycles. The molecule has 1 N–H and O–H groups in total. The Labute approximate surface area is 103 Å². The van der Waals surface area contributed by atoms with Crippen molar-refractivity contribution in [2.75, 3.05) is 10.6 Å². The molecule has 2 heterocycles. The van der Waals surface area contributed by atoms with Crippen LogP contribution in [-0.4, -0.2) is 16.2 Å². The summed E-state index contributed by atoms with van der Waals surface area (Å²) in [4.78, 5) is 15.4. The number of carbonyl (C=O) groups is 1. The Balaban J connectivity index is 2.16. The topological polar surface area (TPSA) is 42.0 Å². The highest BCUT2D eigenvalue weighted by Crippen LogP contribution is 2.21. The summed E-state index contributed by atoms with van der Waals surface area (Å²) in [5, 5.41) is 3.74. The predicted octanol–water partition coefficient (Wildman–Crippen LogP) is 2.76. The fourth-order valence-corrected chi connectivity index (χ4v) is 1.91. The van der Waals surface area contributed by atoms with Crippen molar-refractivity contribution in [2.45, 2.75) is 19.3 Å². The number of anilines is 1. The smallest absolute Gasteiger partial charge is 0.225 e. The van der Waals surface area contributed by atoms with E-state index in [2.05, 4.69) is 44.4 Å². The SMILES string of the molecule is O=C1CCc2cc(C=CCCBr)cnc2N1. The highest BCUT2D eigenvalue weighted by Gasteiger charge is 2.15. The number of nitrogens with zero attached hydrogens (tertiary/aromatic N) is 1. The summed E-state index contributed by atoms with van der Waals surface area (Å²) in [5.74, 6) is 0.775. The lowest BCUT2D eigenvalue weighted by atomic mass is 10.0. The molecule has 84 valence electrons. The van der Waals surface area contributed by atoms with Crippen LogP contribution in [0.3, 0.4) is 0 Å². The van der Waals surface area contributed by atoms with Gasteiger partial charge in [-0.25, -0.2) is 4.98 Å². The van der Waals surface area contributed by atoms with E-state index in [0.29, 0.717) is 12.2 Å². The standard InChI is InChI=1S/C12H13BrN2O/c13-6-2-1-3-9-7-10-4-5-11(16)15-12(10)14-8-9/h1,3,7-8H,2,4-6H2,(H,14,15,16). The van der Waals surface area contributed by atoms with Crippen LogP contribution < -0.4 is 5.32 Å². The molecule has 0 fully saturated rings. The highest BCUT2D eigenvalue weighted by atomic mass is 79.9. The van der Waals surface area contributed by atoms with Crippen molar-refractivity contribution < 1.29 is 4.79 Å². The third kappa shape index (κ3) is 2.70. The van der Waals surface area contributed by atoms with Crippen LogP contribution in [0.2, 0.25) is 0 Å². The van der Waals surface area contributed by atoms with Crippen LogP contribution >= 0.6 is 15.9 Å². The van der Waals surface area contributed by atoms with Crippen LogP contribution in [0.1, 0.15) is 24.0 Å². The lowest BCUT2D eigenvalue weighted by molar-refractivity contribution is -0.116. The number of aromatic nitrogens is 1. The van der Waals surface area contributed by atoms with Crippen LogP contribution in [0, 0.1) is 0 Å². The number of halogens is 1.